The Morgan fingerprint density at radius 3 is 2.55 bits per heavy atom. The van der Waals surface area contributed by atoms with E-state index < -0.39 is 0 Å². The van der Waals surface area contributed by atoms with Crippen molar-refractivity contribution in [3.63, 3.8) is 0 Å². The van der Waals surface area contributed by atoms with E-state index in [-0.39, 0.29) is 24.8 Å². The molecule has 1 saturated heterocycles. The van der Waals surface area contributed by atoms with Gasteiger partial charge >= 0.3 is 0 Å². The smallest absolute Gasteiger partial charge is 0.0417 e. The van der Waals surface area contributed by atoms with E-state index in [1.54, 1.807) is 0 Å². The van der Waals surface area contributed by atoms with E-state index >= 15 is 0 Å². The van der Waals surface area contributed by atoms with Gasteiger partial charge in [-0.3, -0.25) is 4.90 Å². The molecule has 1 aromatic carbocycles. The average Bonchev–Trinajstić information content (AvgIpc) is 2.38. The summed E-state index contributed by atoms with van der Waals surface area (Å²) in [5.41, 5.74) is 1.29. The summed E-state index contributed by atoms with van der Waals surface area (Å²) in [5.74, 6) is 0. The molecule has 0 aliphatic carbocycles. The van der Waals surface area contributed by atoms with Gasteiger partial charge in [-0.1, -0.05) is 39.7 Å². The molecule has 0 amide bonds. The SMILES string of the molecule is C=CC[C@H](c1ccc(Cl)cc1Br)N1CCNCC1.Cl.Cl. The van der Waals surface area contributed by atoms with Crippen LogP contribution >= 0.6 is 52.3 Å². The van der Waals surface area contributed by atoms with Crippen molar-refractivity contribution in [2.24, 2.45) is 0 Å². The third-order valence-electron chi connectivity index (χ3n) is 3.30. The average molecular weight is 403 g/mol. The highest BCUT2D eigenvalue weighted by Gasteiger charge is 2.22. The molecule has 1 aromatic rings. The second-order valence-corrected chi connectivity index (χ2v) is 5.78. The summed E-state index contributed by atoms with van der Waals surface area (Å²) in [6.07, 6.45) is 2.95. The third kappa shape index (κ3) is 5.21. The molecule has 114 valence electrons. The van der Waals surface area contributed by atoms with Gasteiger partial charge in [0.1, 0.15) is 0 Å². The van der Waals surface area contributed by atoms with E-state index in [2.05, 4.69) is 38.8 Å². The van der Waals surface area contributed by atoms with Crippen LogP contribution in [0, 0.1) is 0 Å². The lowest BCUT2D eigenvalue weighted by Crippen LogP contribution is -2.45. The Balaban J connectivity index is 0.00000180. The molecular weight excluding hydrogens is 382 g/mol. The van der Waals surface area contributed by atoms with Crippen LogP contribution in [0.4, 0.5) is 0 Å². The lowest BCUT2D eigenvalue weighted by atomic mass is 10.0. The highest BCUT2D eigenvalue weighted by Crippen LogP contribution is 2.32. The molecule has 6 heteroatoms. The number of nitrogens with zero attached hydrogens (tertiary/aromatic N) is 1. The number of nitrogens with one attached hydrogen (secondary N) is 1. The van der Waals surface area contributed by atoms with E-state index in [1.165, 1.54) is 5.56 Å². The van der Waals surface area contributed by atoms with Gasteiger partial charge in [0.05, 0.1) is 0 Å². The van der Waals surface area contributed by atoms with Crippen LogP contribution < -0.4 is 5.32 Å². The Morgan fingerprint density at radius 1 is 1.35 bits per heavy atom. The van der Waals surface area contributed by atoms with Gasteiger partial charge in [-0.15, -0.1) is 31.4 Å². The maximum atomic E-state index is 6.01. The van der Waals surface area contributed by atoms with Crippen molar-refractivity contribution in [3.8, 4) is 0 Å². The lowest BCUT2D eigenvalue weighted by Gasteiger charge is -2.35. The zero-order valence-electron chi connectivity index (χ0n) is 11.1. The summed E-state index contributed by atoms with van der Waals surface area (Å²) < 4.78 is 1.08. The molecule has 0 unspecified atom stereocenters. The molecule has 1 atom stereocenters. The minimum absolute atomic E-state index is 0. The van der Waals surface area contributed by atoms with E-state index in [0.29, 0.717) is 6.04 Å². The zero-order chi connectivity index (χ0) is 13.0. The van der Waals surface area contributed by atoms with Crippen molar-refractivity contribution in [2.45, 2.75) is 12.5 Å². The number of benzene rings is 1. The summed E-state index contributed by atoms with van der Waals surface area (Å²) in [6.45, 7) is 8.15. The van der Waals surface area contributed by atoms with Crippen LogP contribution in [0.25, 0.3) is 0 Å². The molecule has 2 nitrogen and oxygen atoms in total. The second kappa shape index (κ2) is 10.0. The normalized spacial score (nSPS) is 16.7. The predicted molar refractivity (Wildman–Crippen MR) is 95.6 cm³/mol. The van der Waals surface area contributed by atoms with Crippen LogP contribution in [0.5, 0.6) is 0 Å². The van der Waals surface area contributed by atoms with Gasteiger partial charge in [-0.2, -0.15) is 0 Å². The lowest BCUT2D eigenvalue weighted by molar-refractivity contribution is 0.174. The van der Waals surface area contributed by atoms with Crippen molar-refractivity contribution in [1.29, 1.82) is 0 Å². The van der Waals surface area contributed by atoms with Crippen molar-refractivity contribution in [1.82, 2.24) is 10.2 Å². The number of hydrogen-bond donors (Lipinski definition) is 1. The Hall–Kier alpha value is 0.230. The van der Waals surface area contributed by atoms with Gasteiger partial charge in [0.2, 0.25) is 0 Å². The standard InChI is InChI=1S/C14H18BrClN2.2ClH/c1-2-3-14(18-8-6-17-7-9-18)12-5-4-11(16)10-13(12)15;;/h2,4-5,10,14,17H,1,3,6-9H2;2*1H/t14-;;/m1../s1. The summed E-state index contributed by atoms with van der Waals surface area (Å²) in [7, 11) is 0. The minimum Gasteiger partial charge on any atom is -0.314 e. The first-order chi connectivity index (χ1) is 8.72. The van der Waals surface area contributed by atoms with Crippen molar-refractivity contribution in [3.05, 3.63) is 45.9 Å². The largest absolute Gasteiger partial charge is 0.314 e. The van der Waals surface area contributed by atoms with Gasteiger partial charge in [-0.25, -0.2) is 0 Å². The van der Waals surface area contributed by atoms with Crippen LogP contribution in [-0.2, 0) is 0 Å². The molecule has 0 radical (unpaired) electrons. The Morgan fingerprint density at radius 2 is 2.00 bits per heavy atom. The fraction of sp³-hybridized carbons (Fsp3) is 0.429. The number of rotatable bonds is 4. The first kappa shape index (κ1) is 20.2. The van der Waals surface area contributed by atoms with E-state index in [4.69, 9.17) is 11.6 Å². The summed E-state index contributed by atoms with van der Waals surface area (Å²) in [6, 6.07) is 6.42. The summed E-state index contributed by atoms with van der Waals surface area (Å²) in [4.78, 5) is 2.51. The number of halogens is 4. The van der Waals surface area contributed by atoms with Crippen LogP contribution in [0.1, 0.15) is 18.0 Å². The first-order valence-electron chi connectivity index (χ1n) is 6.23. The molecule has 1 heterocycles. The molecule has 0 saturated carbocycles. The van der Waals surface area contributed by atoms with Crippen molar-refractivity contribution < 1.29 is 0 Å². The fourth-order valence-electron chi connectivity index (χ4n) is 2.40. The monoisotopic (exact) mass is 400 g/mol. The highest BCUT2D eigenvalue weighted by molar-refractivity contribution is 9.10. The molecule has 2 rings (SSSR count). The zero-order valence-corrected chi connectivity index (χ0v) is 15.1. The molecule has 20 heavy (non-hydrogen) atoms. The maximum absolute atomic E-state index is 6.01. The van der Waals surface area contributed by atoms with Crippen LogP contribution in [0.2, 0.25) is 5.02 Å². The van der Waals surface area contributed by atoms with Gasteiger partial charge in [0.15, 0.2) is 0 Å². The van der Waals surface area contributed by atoms with E-state index in [0.717, 1.165) is 42.1 Å². The maximum Gasteiger partial charge on any atom is 0.0417 e. The molecule has 1 aliphatic heterocycles. The molecule has 0 spiro atoms. The summed E-state index contributed by atoms with van der Waals surface area (Å²) in [5, 5.41) is 4.15. The minimum atomic E-state index is 0. The second-order valence-electron chi connectivity index (χ2n) is 4.49. The van der Waals surface area contributed by atoms with E-state index in [9.17, 15) is 0 Å². The molecule has 1 fully saturated rings. The quantitative estimate of drug-likeness (QED) is 0.748. The van der Waals surface area contributed by atoms with Gasteiger partial charge in [0, 0.05) is 41.7 Å². The molecule has 1 N–H and O–H groups in total. The Labute approximate surface area is 146 Å². The van der Waals surface area contributed by atoms with Gasteiger partial charge in [-0.05, 0) is 24.1 Å². The Bertz CT molecular complexity index is 423. The number of hydrogen-bond acceptors (Lipinski definition) is 2. The number of piperazine rings is 1. The molecule has 0 bridgehead atoms. The van der Waals surface area contributed by atoms with Gasteiger partial charge in [0.25, 0.3) is 0 Å². The third-order valence-corrected chi connectivity index (χ3v) is 4.23. The topological polar surface area (TPSA) is 15.3 Å². The highest BCUT2D eigenvalue weighted by atomic mass is 79.9. The fourth-order valence-corrected chi connectivity index (χ4v) is 3.34. The summed E-state index contributed by atoms with van der Waals surface area (Å²) >= 11 is 9.63. The van der Waals surface area contributed by atoms with Gasteiger partial charge < -0.3 is 5.32 Å². The van der Waals surface area contributed by atoms with Crippen LogP contribution in [0.15, 0.2) is 35.3 Å². The predicted octanol–water partition coefficient (Wildman–Crippen LogP) is 4.47. The van der Waals surface area contributed by atoms with E-state index in [1.807, 2.05) is 18.2 Å². The first-order valence-corrected chi connectivity index (χ1v) is 7.40. The Kier molecular flexibility index (Phi) is 10.2. The molecular formula is C14H20BrCl3N2. The van der Waals surface area contributed by atoms with Crippen molar-refractivity contribution in [2.75, 3.05) is 26.2 Å². The van der Waals surface area contributed by atoms with Crippen molar-refractivity contribution >= 4 is 52.3 Å². The van der Waals surface area contributed by atoms with Crippen LogP contribution in [-0.4, -0.2) is 31.1 Å². The molecule has 1 aliphatic rings. The molecule has 0 aromatic heterocycles. The van der Waals surface area contributed by atoms with Crippen LogP contribution in [0.3, 0.4) is 0 Å².